The van der Waals surface area contributed by atoms with E-state index in [1.54, 1.807) is 23.6 Å². The SMILES string of the molecule is O=C(NCc1ccc2c(c1)OCO2)c1csc(COc2ccc3c(c2)OCO3)n1. The molecule has 1 amide bonds. The lowest BCUT2D eigenvalue weighted by atomic mass is 10.2. The number of hydrogen-bond donors (Lipinski definition) is 1. The third-order valence-electron chi connectivity index (χ3n) is 4.38. The van der Waals surface area contributed by atoms with Crippen molar-refractivity contribution in [2.24, 2.45) is 0 Å². The van der Waals surface area contributed by atoms with E-state index >= 15 is 0 Å². The maximum atomic E-state index is 12.4. The van der Waals surface area contributed by atoms with E-state index in [4.69, 9.17) is 23.7 Å². The molecule has 2 aliphatic rings. The first-order chi connectivity index (χ1) is 14.2. The standard InChI is InChI=1S/C20H16N2O6S/c23-20(21-7-12-1-3-15-17(5-12)27-10-25-15)14-9-29-19(22-14)8-24-13-2-4-16-18(6-13)28-11-26-16/h1-6,9H,7-8,10-11H2,(H,21,23). The van der Waals surface area contributed by atoms with Gasteiger partial charge in [0.05, 0.1) is 0 Å². The number of ether oxygens (including phenoxy) is 5. The van der Waals surface area contributed by atoms with E-state index in [1.807, 2.05) is 18.2 Å². The first kappa shape index (κ1) is 17.6. The quantitative estimate of drug-likeness (QED) is 0.666. The van der Waals surface area contributed by atoms with Gasteiger partial charge in [-0.1, -0.05) is 6.07 Å². The van der Waals surface area contributed by atoms with Gasteiger partial charge in [0.2, 0.25) is 13.6 Å². The van der Waals surface area contributed by atoms with E-state index in [-0.39, 0.29) is 26.1 Å². The van der Waals surface area contributed by atoms with Crippen LogP contribution in [-0.4, -0.2) is 24.5 Å². The molecule has 0 saturated heterocycles. The third-order valence-corrected chi connectivity index (χ3v) is 5.20. The van der Waals surface area contributed by atoms with Crippen LogP contribution in [0.25, 0.3) is 0 Å². The molecule has 0 unspecified atom stereocenters. The zero-order valence-electron chi connectivity index (χ0n) is 15.2. The Morgan fingerprint density at radius 1 is 1.00 bits per heavy atom. The summed E-state index contributed by atoms with van der Waals surface area (Å²) in [4.78, 5) is 16.7. The minimum absolute atomic E-state index is 0.218. The summed E-state index contributed by atoms with van der Waals surface area (Å²) in [6.07, 6.45) is 0. The van der Waals surface area contributed by atoms with Crippen molar-refractivity contribution in [3.05, 3.63) is 58.0 Å². The van der Waals surface area contributed by atoms with Crippen molar-refractivity contribution in [3.8, 4) is 28.7 Å². The highest BCUT2D eigenvalue weighted by Crippen LogP contribution is 2.35. The van der Waals surface area contributed by atoms with Gasteiger partial charge in [0.1, 0.15) is 23.1 Å². The Morgan fingerprint density at radius 3 is 2.55 bits per heavy atom. The Kier molecular flexibility index (Phi) is 4.57. The number of aromatic nitrogens is 1. The lowest BCUT2D eigenvalue weighted by Gasteiger charge is -2.05. The van der Waals surface area contributed by atoms with Gasteiger partial charge in [0, 0.05) is 18.0 Å². The molecule has 0 bridgehead atoms. The molecule has 8 nitrogen and oxygen atoms in total. The van der Waals surface area contributed by atoms with E-state index in [0.717, 1.165) is 5.56 Å². The number of fused-ring (bicyclic) bond motifs is 2. The zero-order valence-corrected chi connectivity index (χ0v) is 16.0. The second-order valence-corrected chi connectivity index (χ2v) is 7.24. The molecule has 3 heterocycles. The van der Waals surface area contributed by atoms with Crippen molar-refractivity contribution in [2.45, 2.75) is 13.2 Å². The molecule has 2 aliphatic heterocycles. The largest absolute Gasteiger partial charge is 0.486 e. The Labute approximate surface area is 169 Å². The number of rotatable bonds is 6. The second kappa shape index (κ2) is 7.51. The molecule has 1 aromatic heterocycles. The summed E-state index contributed by atoms with van der Waals surface area (Å²) in [5.41, 5.74) is 1.28. The first-order valence-electron chi connectivity index (χ1n) is 8.88. The summed E-state index contributed by atoms with van der Waals surface area (Å²) in [6, 6.07) is 11.0. The van der Waals surface area contributed by atoms with E-state index < -0.39 is 0 Å². The molecule has 0 fully saturated rings. The molecule has 9 heteroatoms. The lowest BCUT2D eigenvalue weighted by molar-refractivity contribution is 0.0946. The van der Waals surface area contributed by atoms with Gasteiger partial charge in [0.15, 0.2) is 23.0 Å². The summed E-state index contributed by atoms with van der Waals surface area (Å²) < 4.78 is 27.0. The third kappa shape index (κ3) is 3.77. The molecule has 0 spiro atoms. The van der Waals surface area contributed by atoms with E-state index in [9.17, 15) is 4.79 Å². The van der Waals surface area contributed by atoms with Crippen LogP contribution in [0.2, 0.25) is 0 Å². The molecule has 0 saturated carbocycles. The molecule has 3 aromatic rings. The molecule has 2 aromatic carbocycles. The fourth-order valence-corrected chi connectivity index (χ4v) is 3.60. The predicted octanol–water partition coefficient (Wildman–Crippen LogP) is 3.11. The van der Waals surface area contributed by atoms with Crippen molar-refractivity contribution in [2.75, 3.05) is 13.6 Å². The molecule has 0 radical (unpaired) electrons. The number of benzene rings is 2. The Morgan fingerprint density at radius 2 is 1.72 bits per heavy atom. The average Bonchev–Trinajstić information content (AvgIpc) is 3.50. The summed E-state index contributed by atoms with van der Waals surface area (Å²) in [6.45, 7) is 1.08. The number of thiazole rings is 1. The fourth-order valence-electron chi connectivity index (χ4n) is 2.92. The first-order valence-corrected chi connectivity index (χ1v) is 9.76. The van der Waals surface area contributed by atoms with Crippen LogP contribution in [0, 0.1) is 0 Å². The Balaban J connectivity index is 1.16. The summed E-state index contributed by atoms with van der Waals surface area (Å²) in [7, 11) is 0. The molecular weight excluding hydrogens is 396 g/mol. The van der Waals surface area contributed by atoms with Crippen molar-refractivity contribution in [3.63, 3.8) is 0 Å². The monoisotopic (exact) mass is 412 g/mol. The van der Waals surface area contributed by atoms with E-state index in [1.165, 1.54) is 11.3 Å². The minimum Gasteiger partial charge on any atom is -0.486 e. The normalized spacial score (nSPS) is 13.4. The maximum Gasteiger partial charge on any atom is 0.271 e. The van der Waals surface area contributed by atoms with Crippen LogP contribution >= 0.6 is 11.3 Å². The molecule has 148 valence electrons. The van der Waals surface area contributed by atoms with Gasteiger partial charge < -0.3 is 29.0 Å². The van der Waals surface area contributed by atoms with Crippen LogP contribution in [0.15, 0.2) is 41.8 Å². The van der Waals surface area contributed by atoms with Gasteiger partial charge in [-0.15, -0.1) is 11.3 Å². The van der Waals surface area contributed by atoms with Gasteiger partial charge in [-0.25, -0.2) is 4.98 Å². The van der Waals surface area contributed by atoms with E-state index in [2.05, 4.69) is 10.3 Å². The number of nitrogens with one attached hydrogen (secondary N) is 1. The smallest absolute Gasteiger partial charge is 0.271 e. The Bertz CT molecular complexity index is 1070. The van der Waals surface area contributed by atoms with Crippen molar-refractivity contribution in [1.29, 1.82) is 0 Å². The van der Waals surface area contributed by atoms with E-state index in [0.29, 0.717) is 46.0 Å². The van der Waals surface area contributed by atoms with Crippen LogP contribution in [0.3, 0.4) is 0 Å². The highest BCUT2D eigenvalue weighted by Gasteiger charge is 2.16. The van der Waals surface area contributed by atoms with Crippen LogP contribution in [-0.2, 0) is 13.2 Å². The summed E-state index contributed by atoms with van der Waals surface area (Å²) in [5, 5.41) is 5.28. The second-order valence-electron chi connectivity index (χ2n) is 6.30. The number of carbonyl (C=O) groups excluding carboxylic acids is 1. The maximum absolute atomic E-state index is 12.4. The summed E-state index contributed by atoms with van der Waals surface area (Å²) in [5.74, 6) is 3.17. The Hall–Kier alpha value is -3.46. The van der Waals surface area contributed by atoms with Crippen molar-refractivity contribution < 1.29 is 28.5 Å². The zero-order chi connectivity index (χ0) is 19.6. The topological polar surface area (TPSA) is 88.1 Å². The minimum atomic E-state index is -0.242. The van der Waals surface area contributed by atoms with Gasteiger partial charge >= 0.3 is 0 Å². The van der Waals surface area contributed by atoms with Crippen LogP contribution < -0.4 is 29.0 Å². The molecule has 1 N–H and O–H groups in total. The molecule has 0 atom stereocenters. The molecule has 0 aliphatic carbocycles. The molecule has 29 heavy (non-hydrogen) atoms. The van der Waals surface area contributed by atoms with Gasteiger partial charge in [-0.3, -0.25) is 4.79 Å². The number of amides is 1. The number of nitrogens with zero attached hydrogens (tertiary/aromatic N) is 1. The van der Waals surface area contributed by atoms with Gasteiger partial charge in [-0.2, -0.15) is 0 Å². The average molecular weight is 412 g/mol. The summed E-state index contributed by atoms with van der Waals surface area (Å²) >= 11 is 1.37. The van der Waals surface area contributed by atoms with Crippen LogP contribution in [0.4, 0.5) is 0 Å². The predicted molar refractivity (Wildman–Crippen MR) is 103 cm³/mol. The molecule has 5 rings (SSSR count). The van der Waals surface area contributed by atoms with Crippen LogP contribution in [0.1, 0.15) is 21.1 Å². The lowest BCUT2D eigenvalue weighted by Crippen LogP contribution is -2.23. The number of carbonyl (C=O) groups is 1. The highest BCUT2D eigenvalue weighted by molar-refractivity contribution is 7.09. The van der Waals surface area contributed by atoms with Gasteiger partial charge in [0.25, 0.3) is 5.91 Å². The fraction of sp³-hybridized carbons (Fsp3) is 0.200. The van der Waals surface area contributed by atoms with Crippen LogP contribution in [0.5, 0.6) is 28.7 Å². The number of hydrogen-bond acceptors (Lipinski definition) is 8. The van der Waals surface area contributed by atoms with Crippen molar-refractivity contribution in [1.82, 2.24) is 10.3 Å². The van der Waals surface area contributed by atoms with Crippen molar-refractivity contribution >= 4 is 17.2 Å². The highest BCUT2D eigenvalue weighted by atomic mass is 32.1. The van der Waals surface area contributed by atoms with Gasteiger partial charge in [-0.05, 0) is 29.8 Å². The molecular formula is C20H16N2O6S.